The van der Waals surface area contributed by atoms with Gasteiger partial charge in [0.15, 0.2) is 0 Å². The van der Waals surface area contributed by atoms with Crippen LogP contribution in [-0.4, -0.2) is 31.7 Å². The number of aliphatic imine (C=N–C) groups is 1. The normalized spacial score (nSPS) is 14.4. The number of rotatable bonds is 5. The molecule has 2 heterocycles. The summed E-state index contributed by atoms with van der Waals surface area (Å²) in [7, 11) is -3.70. The number of carbonyl (C=O) groups is 1. The lowest BCUT2D eigenvalue weighted by Gasteiger charge is -2.10. The van der Waals surface area contributed by atoms with Crippen molar-refractivity contribution in [1.82, 2.24) is 9.71 Å². The van der Waals surface area contributed by atoms with E-state index in [0.29, 0.717) is 30.2 Å². The third kappa shape index (κ3) is 5.36. The fraction of sp³-hybridized carbons (Fsp3) is 0.227. The Bertz CT molecular complexity index is 1190. The predicted molar refractivity (Wildman–Crippen MR) is 123 cm³/mol. The van der Waals surface area contributed by atoms with Crippen molar-refractivity contribution in [2.24, 2.45) is 4.99 Å². The van der Waals surface area contributed by atoms with Gasteiger partial charge in [0.25, 0.3) is 15.9 Å². The van der Waals surface area contributed by atoms with E-state index in [9.17, 15) is 13.2 Å². The third-order valence-electron chi connectivity index (χ3n) is 4.81. The van der Waals surface area contributed by atoms with E-state index in [1.165, 1.54) is 23.5 Å². The molecule has 0 radical (unpaired) electrons. The number of amides is 1. The molecule has 4 rings (SSSR count). The standard InChI is InChI=1S/C22H22N4O3S2/c27-21(19-15-30-22(25-19)16-7-3-1-4-8-16)24-17-10-12-18(13-11-17)31(28,29)26-20-9-5-2-6-14-23-20/h1,3-4,7-8,10-13,15H,2,5-6,9,14H2,(H,23,26)(H,24,27). The maximum absolute atomic E-state index is 12.6. The molecule has 0 spiro atoms. The highest BCUT2D eigenvalue weighted by molar-refractivity contribution is 7.90. The van der Waals surface area contributed by atoms with Crippen molar-refractivity contribution in [1.29, 1.82) is 0 Å². The molecule has 160 valence electrons. The van der Waals surface area contributed by atoms with Gasteiger partial charge in [0.1, 0.15) is 16.5 Å². The van der Waals surface area contributed by atoms with Crippen LogP contribution < -0.4 is 10.0 Å². The zero-order chi connectivity index (χ0) is 21.7. The Balaban J connectivity index is 1.42. The van der Waals surface area contributed by atoms with E-state index < -0.39 is 10.0 Å². The molecule has 1 aliphatic rings. The van der Waals surface area contributed by atoms with Crippen molar-refractivity contribution in [3.63, 3.8) is 0 Å². The first-order valence-corrected chi connectivity index (χ1v) is 12.4. The van der Waals surface area contributed by atoms with Gasteiger partial charge in [-0.25, -0.2) is 13.4 Å². The maximum atomic E-state index is 12.6. The highest BCUT2D eigenvalue weighted by atomic mass is 32.2. The fourth-order valence-corrected chi connectivity index (χ4v) is 5.07. The Morgan fingerprint density at radius 3 is 2.52 bits per heavy atom. The molecule has 0 fully saturated rings. The molecule has 0 unspecified atom stereocenters. The van der Waals surface area contributed by atoms with Crippen LogP contribution in [0.1, 0.15) is 36.2 Å². The van der Waals surface area contributed by atoms with Gasteiger partial charge >= 0.3 is 0 Å². The van der Waals surface area contributed by atoms with Crippen LogP contribution in [0.25, 0.3) is 10.6 Å². The number of nitrogens with one attached hydrogen (secondary N) is 2. The zero-order valence-corrected chi connectivity index (χ0v) is 18.4. The molecule has 0 saturated carbocycles. The molecule has 3 aromatic rings. The van der Waals surface area contributed by atoms with Crippen LogP contribution in [0.3, 0.4) is 0 Å². The van der Waals surface area contributed by atoms with Crippen molar-refractivity contribution in [2.75, 3.05) is 11.9 Å². The van der Waals surface area contributed by atoms with Gasteiger partial charge in [0.05, 0.1) is 4.90 Å². The molecular formula is C22H22N4O3S2. The van der Waals surface area contributed by atoms with E-state index in [0.717, 1.165) is 29.8 Å². The first-order valence-electron chi connectivity index (χ1n) is 10.00. The summed E-state index contributed by atoms with van der Waals surface area (Å²) >= 11 is 1.39. The van der Waals surface area contributed by atoms with Crippen molar-refractivity contribution >= 4 is 38.8 Å². The number of amidine groups is 1. The predicted octanol–water partition coefficient (Wildman–Crippen LogP) is 4.31. The lowest BCUT2D eigenvalue weighted by atomic mass is 10.2. The smallest absolute Gasteiger partial charge is 0.275 e. The first kappa shape index (κ1) is 21.2. The molecule has 0 atom stereocenters. The summed E-state index contributed by atoms with van der Waals surface area (Å²) in [6, 6.07) is 15.7. The molecule has 1 aromatic heterocycles. The van der Waals surface area contributed by atoms with E-state index in [1.54, 1.807) is 17.5 Å². The SMILES string of the molecule is O=C(Nc1ccc(S(=O)(=O)NC2=NCCCCC2)cc1)c1csc(-c2ccccc2)n1. The highest BCUT2D eigenvalue weighted by Gasteiger charge is 2.18. The zero-order valence-electron chi connectivity index (χ0n) is 16.7. The topological polar surface area (TPSA) is 101 Å². The lowest BCUT2D eigenvalue weighted by molar-refractivity contribution is 0.102. The van der Waals surface area contributed by atoms with Gasteiger partial charge in [0.2, 0.25) is 0 Å². The minimum Gasteiger partial charge on any atom is -0.321 e. The van der Waals surface area contributed by atoms with E-state index in [2.05, 4.69) is 20.0 Å². The molecule has 0 saturated heterocycles. The summed E-state index contributed by atoms with van der Waals surface area (Å²) in [5.74, 6) is 0.160. The molecular weight excluding hydrogens is 432 g/mol. The number of anilines is 1. The molecule has 0 aliphatic carbocycles. The molecule has 7 nitrogen and oxygen atoms in total. The number of benzene rings is 2. The summed E-state index contributed by atoms with van der Waals surface area (Å²) < 4.78 is 27.8. The van der Waals surface area contributed by atoms with Crippen LogP contribution in [0, 0.1) is 0 Å². The Kier molecular flexibility index (Phi) is 6.43. The number of hydrogen-bond acceptors (Lipinski definition) is 6. The Labute approximate surface area is 185 Å². The van der Waals surface area contributed by atoms with Crippen LogP contribution in [0.4, 0.5) is 5.69 Å². The van der Waals surface area contributed by atoms with E-state index >= 15 is 0 Å². The molecule has 31 heavy (non-hydrogen) atoms. The second-order valence-electron chi connectivity index (χ2n) is 7.13. The summed E-state index contributed by atoms with van der Waals surface area (Å²) in [6.45, 7) is 0.644. The molecule has 9 heteroatoms. The molecule has 1 amide bonds. The quantitative estimate of drug-likeness (QED) is 0.600. The van der Waals surface area contributed by atoms with Gasteiger partial charge in [-0.3, -0.25) is 14.5 Å². The number of nitrogens with zero attached hydrogens (tertiary/aromatic N) is 2. The van der Waals surface area contributed by atoms with Crippen LogP contribution in [-0.2, 0) is 10.0 Å². The molecule has 1 aliphatic heterocycles. The number of carbonyl (C=O) groups excluding carboxylic acids is 1. The van der Waals surface area contributed by atoms with Gasteiger partial charge in [-0.1, -0.05) is 36.8 Å². The largest absolute Gasteiger partial charge is 0.321 e. The number of thiazole rings is 1. The highest BCUT2D eigenvalue weighted by Crippen LogP contribution is 2.24. The fourth-order valence-electron chi connectivity index (χ4n) is 3.18. The van der Waals surface area contributed by atoms with Gasteiger partial charge in [0, 0.05) is 29.6 Å². The summed E-state index contributed by atoms with van der Waals surface area (Å²) in [5, 5.41) is 5.22. The van der Waals surface area contributed by atoms with Crippen molar-refractivity contribution < 1.29 is 13.2 Å². The summed E-state index contributed by atoms with van der Waals surface area (Å²) in [4.78, 5) is 21.4. The molecule has 2 aromatic carbocycles. The van der Waals surface area contributed by atoms with Crippen LogP contribution in [0.5, 0.6) is 0 Å². The lowest BCUT2D eigenvalue weighted by Crippen LogP contribution is -2.30. The second kappa shape index (κ2) is 9.40. The van der Waals surface area contributed by atoms with Gasteiger partial charge in [-0.05, 0) is 37.1 Å². The van der Waals surface area contributed by atoms with Gasteiger partial charge in [-0.2, -0.15) is 0 Å². The molecule has 2 N–H and O–H groups in total. The van der Waals surface area contributed by atoms with E-state index in [-0.39, 0.29) is 10.8 Å². The van der Waals surface area contributed by atoms with E-state index in [1.807, 2.05) is 30.3 Å². The number of hydrogen-bond donors (Lipinski definition) is 2. The average molecular weight is 455 g/mol. The van der Waals surface area contributed by atoms with Crippen molar-refractivity contribution in [3.05, 3.63) is 65.7 Å². The molecule has 0 bridgehead atoms. The average Bonchev–Trinajstić information content (AvgIpc) is 3.14. The number of sulfonamides is 1. The van der Waals surface area contributed by atoms with Crippen LogP contribution in [0.2, 0.25) is 0 Å². The first-order chi connectivity index (χ1) is 15.0. The summed E-state index contributed by atoms with van der Waals surface area (Å²) in [5.41, 5.74) is 1.76. The monoisotopic (exact) mass is 454 g/mol. The van der Waals surface area contributed by atoms with Crippen molar-refractivity contribution in [2.45, 2.75) is 30.6 Å². The van der Waals surface area contributed by atoms with Gasteiger partial charge in [-0.15, -0.1) is 11.3 Å². The third-order valence-corrected chi connectivity index (χ3v) is 7.10. The minimum atomic E-state index is -3.70. The summed E-state index contributed by atoms with van der Waals surface area (Å²) in [6.07, 6.45) is 3.58. The Hall–Kier alpha value is -3.04. The second-order valence-corrected chi connectivity index (χ2v) is 9.67. The maximum Gasteiger partial charge on any atom is 0.275 e. The minimum absolute atomic E-state index is 0.123. The van der Waals surface area contributed by atoms with E-state index in [4.69, 9.17) is 0 Å². The Morgan fingerprint density at radius 1 is 0.968 bits per heavy atom. The Morgan fingerprint density at radius 2 is 1.74 bits per heavy atom. The number of aromatic nitrogens is 1. The van der Waals surface area contributed by atoms with Crippen LogP contribution in [0.15, 0.2) is 69.9 Å². The van der Waals surface area contributed by atoms with Gasteiger partial charge < -0.3 is 5.32 Å². The van der Waals surface area contributed by atoms with Crippen LogP contribution >= 0.6 is 11.3 Å². The van der Waals surface area contributed by atoms with Crippen molar-refractivity contribution in [3.8, 4) is 10.6 Å².